The van der Waals surface area contributed by atoms with Gasteiger partial charge in [0.05, 0.1) is 11.0 Å². The predicted molar refractivity (Wildman–Crippen MR) is 120 cm³/mol. The molecule has 148 valence electrons. The predicted octanol–water partition coefficient (Wildman–Crippen LogP) is 4.43. The van der Waals surface area contributed by atoms with Crippen LogP contribution >= 0.6 is 0 Å². The Morgan fingerprint density at radius 3 is 2.53 bits per heavy atom. The quantitative estimate of drug-likeness (QED) is 0.429. The number of nitrogens with zero attached hydrogens (tertiary/aromatic N) is 2. The summed E-state index contributed by atoms with van der Waals surface area (Å²) in [4.78, 5) is 22.5. The SMILES string of the molecule is NCCN(c1ccccc1)c1ccc2cc(-c3nc4ccccc4[nH]3)c(=O)oc2c1. The molecule has 0 saturated heterocycles. The normalized spacial score (nSPS) is 11.2. The molecule has 0 amide bonds. The van der Waals surface area contributed by atoms with Crippen molar-refractivity contribution in [2.24, 2.45) is 5.73 Å². The maximum atomic E-state index is 12.7. The Balaban J connectivity index is 1.59. The first-order valence-corrected chi connectivity index (χ1v) is 9.78. The minimum Gasteiger partial charge on any atom is -0.422 e. The topological polar surface area (TPSA) is 88.1 Å². The lowest BCUT2D eigenvalue weighted by atomic mass is 10.1. The Kier molecular flexibility index (Phi) is 4.53. The van der Waals surface area contributed by atoms with Crippen molar-refractivity contribution in [2.75, 3.05) is 18.0 Å². The van der Waals surface area contributed by atoms with Gasteiger partial charge in [-0.05, 0) is 42.5 Å². The summed E-state index contributed by atoms with van der Waals surface area (Å²) in [7, 11) is 0. The molecule has 5 rings (SSSR count). The molecule has 6 nitrogen and oxygen atoms in total. The van der Waals surface area contributed by atoms with Gasteiger partial charge in [-0.2, -0.15) is 0 Å². The van der Waals surface area contributed by atoms with Crippen LogP contribution in [0, 0.1) is 0 Å². The smallest absolute Gasteiger partial charge is 0.347 e. The summed E-state index contributed by atoms with van der Waals surface area (Å²) in [6, 6.07) is 25.3. The van der Waals surface area contributed by atoms with Gasteiger partial charge in [-0.25, -0.2) is 9.78 Å². The summed E-state index contributed by atoms with van der Waals surface area (Å²) in [5.41, 5.74) is 9.97. The van der Waals surface area contributed by atoms with Crippen molar-refractivity contribution >= 4 is 33.4 Å². The molecular weight excluding hydrogens is 376 g/mol. The van der Waals surface area contributed by atoms with Gasteiger partial charge in [0.15, 0.2) is 0 Å². The van der Waals surface area contributed by atoms with Crippen LogP contribution in [0.5, 0.6) is 0 Å². The highest BCUT2D eigenvalue weighted by atomic mass is 16.4. The molecule has 0 radical (unpaired) electrons. The number of hydrogen-bond donors (Lipinski definition) is 2. The fourth-order valence-electron chi connectivity index (χ4n) is 3.66. The van der Waals surface area contributed by atoms with Crippen LogP contribution in [0.15, 0.2) is 88.1 Å². The standard InChI is InChI=1S/C24H20N4O2/c25-12-13-28(17-6-2-1-3-7-17)18-11-10-16-14-19(24(29)30-22(16)15-18)23-26-20-8-4-5-9-21(20)27-23/h1-11,14-15H,12-13,25H2,(H,26,27). The van der Waals surface area contributed by atoms with Crippen molar-refractivity contribution in [1.82, 2.24) is 9.97 Å². The molecule has 2 heterocycles. The van der Waals surface area contributed by atoms with E-state index in [1.165, 1.54) is 0 Å². The molecule has 6 heteroatoms. The van der Waals surface area contributed by atoms with Gasteiger partial charge < -0.3 is 20.0 Å². The fourth-order valence-corrected chi connectivity index (χ4v) is 3.66. The van der Waals surface area contributed by atoms with E-state index < -0.39 is 5.63 Å². The van der Waals surface area contributed by atoms with E-state index in [0.717, 1.165) is 27.8 Å². The zero-order valence-electron chi connectivity index (χ0n) is 16.2. The summed E-state index contributed by atoms with van der Waals surface area (Å²) < 4.78 is 5.67. The summed E-state index contributed by atoms with van der Waals surface area (Å²) in [5.74, 6) is 0.505. The van der Waals surface area contributed by atoms with E-state index >= 15 is 0 Å². The Bertz CT molecular complexity index is 1360. The third-order valence-corrected chi connectivity index (χ3v) is 5.10. The monoisotopic (exact) mass is 396 g/mol. The third-order valence-electron chi connectivity index (χ3n) is 5.10. The second-order valence-electron chi connectivity index (χ2n) is 7.05. The molecule has 0 bridgehead atoms. The van der Waals surface area contributed by atoms with Gasteiger partial charge in [-0.3, -0.25) is 0 Å². The van der Waals surface area contributed by atoms with Crippen molar-refractivity contribution in [1.29, 1.82) is 0 Å². The van der Waals surface area contributed by atoms with Crippen LogP contribution in [-0.2, 0) is 0 Å². The fraction of sp³-hybridized carbons (Fsp3) is 0.0833. The van der Waals surface area contributed by atoms with E-state index in [1.807, 2.05) is 78.9 Å². The van der Waals surface area contributed by atoms with E-state index in [2.05, 4.69) is 14.9 Å². The molecule has 0 atom stereocenters. The van der Waals surface area contributed by atoms with Gasteiger partial charge in [-0.1, -0.05) is 30.3 Å². The highest BCUT2D eigenvalue weighted by Gasteiger charge is 2.14. The van der Waals surface area contributed by atoms with Crippen molar-refractivity contribution in [2.45, 2.75) is 0 Å². The molecule has 0 fully saturated rings. The number of imidazole rings is 1. The molecule has 5 aromatic rings. The molecule has 3 aromatic carbocycles. The summed E-state index contributed by atoms with van der Waals surface area (Å²) >= 11 is 0. The molecule has 3 N–H and O–H groups in total. The summed E-state index contributed by atoms with van der Waals surface area (Å²) in [6.07, 6.45) is 0. The van der Waals surface area contributed by atoms with E-state index in [1.54, 1.807) is 0 Å². The van der Waals surface area contributed by atoms with Crippen LogP contribution in [0.2, 0.25) is 0 Å². The second kappa shape index (κ2) is 7.50. The number of aromatic nitrogens is 2. The van der Waals surface area contributed by atoms with E-state index in [4.69, 9.17) is 10.2 Å². The maximum Gasteiger partial charge on any atom is 0.347 e. The van der Waals surface area contributed by atoms with Crippen molar-refractivity contribution in [3.8, 4) is 11.4 Å². The Labute approximate surface area is 172 Å². The minimum atomic E-state index is -0.427. The molecule has 30 heavy (non-hydrogen) atoms. The maximum absolute atomic E-state index is 12.7. The zero-order valence-corrected chi connectivity index (χ0v) is 16.2. The van der Waals surface area contributed by atoms with Gasteiger partial charge in [0.1, 0.15) is 17.0 Å². The van der Waals surface area contributed by atoms with E-state index in [0.29, 0.717) is 30.1 Å². The van der Waals surface area contributed by atoms with Crippen LogP contribution in [0.25, 0.3) is 33.4 Å². The van der Waals surface area contributed by atoms with Gasteiger partial charge in [0.2, 0.25) is 0 Å². The first-order chi connectivity index (χ1) is 14.7. The van der Waals surface area contributed by atoms with E-state index in [-0.39, 0.29) is 0 Å². The Morgan fingerprint density at radius 1 is 0.933 bits per heavy atom. The summed E-state index contributed by atoms with van der Waals surface area (Å²) in [6.45, 7) is 1.15. The van der Waals surface area contributed by atoms with Crippen LogP contribution in [0.4, 0.5) is 11.4 Å². The van der Waals surface area contributed by atoms with Crippen LogP contribution in [-0.4, -0.2) is 23.1 Å². The number of aromatic amines is 1. The Hall–Kier alpha value is -3.90. The molecular formula is C24H20N4O2. The van der Waals surface area contributed by atoms with Gasteiger partial charge in [0.25, 0.3) is 0 Å². The number of fused-ring (bicyclic) bond motifs is 2. The lowest BCUT2D eigenvalue weighted by molar-refractivity contribution is 0.563. The number of para-hydroxylation sites is 3. The lowest BCUT2D eigenvalue weighted by Gasteiger charge is -2.24. The molecule has 0 aliphatic carbocycles. The van der Waals surface area contributed by atoms with E-state index in [9.17, 15) is 4.79 Å². The van der Waals surface area contributed by atoms with Crippen molar-refractivity contribution < 1.29 is 4.42 Å². The summed E-state index contributed by atoms with van der Waals surface area (Å²) in [5, 5.41) is 0.828. The Morgan fingerprint density at radius 2 is 1.73 bits per heavy atom. The molecule has 0 unspecified atom stereocenters. The minimum absolute atomic E-state index is 0.410. The number of rotatable bonds is 5. The number of hydrogen-bond acceptors (Lipinski definition) is 5. The number of nitrogens with two attached hydrogens (primary N) is 1. The second-order valence-corrected chi connectivity index (χ2v) is 7.05. The van der Waals surface area contributed by atoms with Crippen LogP contribution in [0.1, 0.15) is 0 Å². The first kappa shape index (κ1) is 18.1. The molecule has 0 saturated carbocycles. The highest BCUT2D eigenvalue weighted by Crippen LogP contribution is 2.29. The van der Waals surface area contributed by atoms with Crippen LogP contribution < -0.4 is 16.3 Å². The van der Waals surface area contributed by atoms with Gasteiger partial charge >= 0.3 is 5.63 Å². The first-order valence-electron chi connectivity index (χ1n) is 9.78. The number of anilines is 2. The number of benzene rings is 3. The largest absolute Gasteiger partial charge is 0.422 e. The molecule has 0 aliphatic rings. The van der Waals surface area contributed by atoms with Crippen molar-refractivity contribution in [3.63, 3.8) is 0 Å². The van der Waals surface area contributed by atoms with Gasteiger partial charge in [0, 0.05) is 35.9 Å². The molecule has 2 aromatic heterocycles. The average molecular weight is 396 g/mol. The van der Waals surface area contributed by atoms with Gasteiger partial charge in [-0.15, -0.1) is 0 Å². The molecule has 0 aliphatic heterocycles. The number of nitrogens with one attached hydrogen (secondary N) is 1. The van der Waals surface area contributed by atoms with Crippen molar-refractivity contribution in [3.05, 3.63) is 89.3 Å². The lowest BCUT2D eigenvalue weighted by Crippen LogP contribution is -2.24. The third kappa shape index (κ3) is 3.23. The number of H-pyrrole nitrogens is 1. The highest BCUT2D eigenvalue weighted by molar-refractivity contribution is 5.86. The molecule has 0 spiro atoms. The van der Waals surface area contributed by atoms with Crippen LogP contribution in [0.3, 0.4) is 0 Å². The zero-order chi connectivity index (χ0) is 20.5. The average Bonchev–Trinajstić information content (AvgIpc) is 3.21.